The largest absolute Gasteiger partial charge is 0.497 e. The van der Waals surface area contributed by atoms with Crippen LogP contribution in [0.4, 0.5) is 8.78 Å². The Kier molecular flexibility index (Phi) is 6.69. The highest BCUT2D eigenvalue weighted by Gasteiger charge is 2.24. The average molecular weight is 443 g/mol. The number of benzene rings is 2. The van der Waals surface area contributed by atoms with E-state index in [-0.39, 0.29) is 17.8 Å². The zero-order chi connectivity index (χ0) is 22.7. The number of piperidine rings is 1. The van der Waals surface area contributed by atoms with Gasteiger partial charge in [-0.3, -0.25) is 9.69 Å². The highest BCUT2D eigenvalue weighted by Crippen LogP contribution is 2.27. The van der Waals surface area contributed by atoms with Gasteiger partial charge in [-0.15, -0.1) is 0 Å². The third-order valence-corrected chi connectivity index (χ3v) is 6.16. The SMILES string of the molecule is COc1ccc([C@@H](CNC(=O)c2ccc3c(c2)nc(C(F)F)n3C)N2CCCCC2)cc1. The Morgan fingerprint density at radius 1 is 1.12 bits per heavy atom. The maximum absolute atomic E-state index is 13.1. The van der Waals surface area contributed by atoms with Crippen molar-refractivity contribution in [1.82, 2.24) is 19.8 Å². The van der Waals surface area contributed by atoms with Gasteiger partial charge in [0.2, 0.25) is 0 Å². The first-order chi connectivity index (χ1) is 15.5. The number of hydrogen-bond donors (Lipinski definition) is 1. The van der Waals surface area contributed by atoms with E-state index in [1.165, 1.54) is 11.0 Å². The van der Waals surface area contributed by atoms with Crippen LogP contribution in [-0.4, -0.2) is 47.1 Å². The number of nitrogens with one attached hydrogen (secondary N) is 1. The number of hydrogen-bond acceptors (Lipinski definition) is 4. The molecule has 1 saturated heterocycles. The predicted octanol–water partition coefficient (Wildman–Crippen LogP) is 4.48. The molecule has 1 N–H and O–H groups in total. The third kappa shape index (κ3) is 4.60. The summed E-state index contributed by atoms with van der Waals surface area (Å²) >= 11 is 0. The van der Waals surface area contributed by atoms with Gasteiger partial charge in [0.15, 0.2) is 5.82 Å². The van der Waals surface area contributed by atoms with Gasteiger partial charge in [-0.2, -0.15) is 0 Å². The van der Waals surface area contributed by atoms with Crippen molar-refractivity contribution in [3.63, 3.8) is 0 Å². The summed E-state index contributed by atoms with van der Waals surface area (Å²) in [5.74, 6) is 0.246. The molecule has 0 aliphatic carbocycles. The quantitative estimate of drug-likeness (QED) is 0.586. The van der Waals surface area contributed by atoms with Crippen LogP contribution in [-0.2, 0) is 7.05 Å². The van der Waals surface area contributed by atoms with Crippen LogP contribution in [0.2, 0.25) is 0 Å². The lowest BCUT2D eigenvalue weighted by molar-refractivity contribution is 0.0924. The van der Waals surface area contributed by atoms with Crippen molar-refractivity contribution in [2.45, 2.75) is 31.7 Å². The fourth-order valence-corrected chi connectivity index (χ4v) is 4.36. The van der Waals surface area contributed by atoms with Gasteiger partial charge in [-0.25, -0.2) is 13.8 Å². The van der Waals surface area contributed by atoms with Gasteiger partial charge >= 0.3 is 0 Å². The van der Waals surface area contributed by atoms with Crippen LogP contribution in [0.5, 0.6) is 5.75 Å². The first kappa shape index (κ1) is 22.2. The van der Waals surface area contributed by atoms with Crippen LogP contribution >= 0.6 is 0 Å². The van der Waals surface area contributed by atoms with Crippen LogP contribution in [0, 0.1) is 0 Å². The topological polar surface area (TPSA) is 59.4 Å². The van der Waals surface area contributed by atoms with Crippen molar-refractivity contribution in [1.29, 1.82) is 0 Å². The molecule has 0 radical (unpaired) electrons. The normalized spacial score (nSPS) is 15.8. The van der Waals surface area contributed by atoms with Crippen LogP contribution in [0.15, 0.2) is 42.5 Å². The number of methoxy groups -OCH3 is 1. The van der Waals surface area contributed by atoms with E-state index in [1.54, 1.807) is 32.4 Å². The predicted molar refractivity (Wildman–Crippen MR) is 119 cm³/mol. The number of aromatic nitrogens is 2. The molecule has 1 aliphatic heterocycles. The molecular formula is C24H28F2N4O2. The van der Waals surface area contributed by atoms with E-state index >= 15 is 0 Å². The average Bonchev–Trinajstić information content (AvgIpc) is 3.16. The van der Waals surface area contributed by atoms with Crippen molar-refractivity contribution < 1.29 is 18.3 Å². The molecule has 0 spiro atoms. The van der Waals surface area contributed by atoms with Crippen molar-refractivity contribution in [3.05, 3.63) is 59.4 Å². The minimum Gasteiger partial charge on any atom is -0.497 e. The molecule has 1 aliphatic rings. The van der Waals surface area contributed by atoms with Gasteiger partial charge in [-0.05, 0) is 61.8 Å². The number of halogens is 2. The summed E-state index contributed by atoms with van der Waals surface area (Å²) in [7, 11) is 3.19. The number of carbonyl (C=O) groups excluding carboxylic acids is 1. The van der Waals surface area contributed by atoms with E-state index in [4.69, 9.17) is 4.74 Å². The van der Waals surface area contributed by atoms with E-state index in [2.05, 4.69) is 15.2 Å². The van der Waals surface area contributed by atoms with Crippen LogP contribution in [0.3, 0.4) is 0 Å². The van der Waals surface area contributed by atoms with Gasteiger partial charge in [0.25, 0.3) is 12.3 Å². The summed E-state index contributed by atoms with van der Waals surface area (Å²) in [5, 5.41) is 3.04. The minimum absolute atomic E-state index is 0.0502. The Bertz CT molecular complexity index is 1080. The molecule has 2 aromatic carbocycles. The Hall–Kier alpha value is -3.00. The number of amides is 1. The molecule has 0 saturated carbocycles. The van der Waals surface area contributed by atoms with Crippen molar-refractivity contribution >= 4 is 16.9 Å². The highest BCUT2D eigenvalue weighted by molar-refractivity contribution is 5.97. The number of imidazole rings is 1. The van der Waals surface area contributed by atoms with Gasteiger partial charge in [0.1, 0.15) is 5.75 Å². The van der Waals surface area contributed by atoms with Crippen molar-refractivity contribution in [2.24, 2.45) is 7.05 Å². The lowest BCUT2D eigenvalue weighted by Gasteiger charge is -2.35. The number of nitrogens with zero attached hydrogens (tertiary/aromatic N) is 3. The van der Waals surface area contributed by atoms with E-state index in [0.717, 1.165) is 37.2 Å². The number of ether oxygens (including phenoxy) is 1. The van der Waals surface area contributed by atoms with E-state index < -0.39 is 6.43 Å². The minimum atomic E-state index is -2.67. The molecule has 1 fully saturated rings. The third-order valence-electron chi connectivity index (χ3n) is 6.16. The van der Waals surface area contributed by atoms with Crippen LogP contribution < -0.4 is 10.1 Å². The number of alkyl halides is 2. The molecule has 3 aromatic rings. The van der Waals surface area contributed by atoms with Crippen LogP contribution in [0.25, 0.3) is 11.0 Å². The van der Waals surface area contributed by atoms with E-state index in [0.29, 0.717) is 23.1 Å². The summed E-state index contributed by atoms with van der Waals surface area (Å²) < 4.78 is 32.9. The van der Waals surface area contributed by atoms with Crippen LogP contribution in [0.1, 0.15) is 53.5 Å². The van der Waals surface area contributed by atoms with Crippen molar-refractivity contribution in [2.75, 3.05) is 26.7 Å². The number of likely N-dealkylation sites (tertiary alicyclic amines) is 1. The summed E-state index contributed by atoms with van der Waals surface area (Å²) in [6.45, 7) is 2.43. The van der Waals surface area contributed by atoms with Gasteiger partial charge in [-0.1, -0.05) is 18.6 Å². The molecule has 4 rings (SSSR count). The molecular weight excluding hydrogens is 414 g/mol. The molecule has 0 bridgehead atoms. The highest BCUT2D eigenvalue weighted by atomic mass is 19.3. The lowest BCUT2D eigenvalue weighted by atomic mass is 10.0. The van der Waals surface area contributed by atoms with Gasteiger partial charge in [0.05, 0.1) is 24.2 Å². The second kappa shape index (κ2) is 9.65. The summed E-state index contributed by atoms with van der Waals surface area (Å²) in [4.78, 5) is 19.3. The van der Waals surface area contributed by atoms with E-state index in [1.807, 2.05) is 24.3 Å². The first-order valence-electron chi connectivity index (χ1n) is 10.9. The van der Waals surface area contributed by atoms with Gasteiger partial charge in [0, 0.05) is 19.2 Å². The number of carbonyl (C=O) groups is 1. The second-order valence-electron chi connectivity index (χ2n) is 8.13. The molecule has 170 valence electrons. The monoisotopic (exact) mass is 442 g/mol. The lowest BCUT2D eigenvalue weighted by Crippen LogP contribution is -2.40. The molecule has 2 heterocycles. The molecule has 1 atom stereocenters. The molecule has 32 heavy (non-hydrogen) atoms. The molecule has 1 aromatic heterocycles. The zero-order valence-corrected chi connectivity index (χ0v) is 18.4. The summed E-state index contributed by atoms with van der Waals surface area (Å²) in [6.07, 6.45) is 0.842. The van der Waals surface area contributed by atoms with Crippen molar-refractivity contribution in [3.8, 4) is 5.75 Å². The number of fused-ring (bicyclic) bond motifs is 1. The Balaban J connectivity index is 1.52. The fraction of sp³-hybridized carbons (Fsp3) is 0.417. The second-order valence-corrected chi connectivity index (χ2v) is 8.13. The first-order valence-corrected chi connectivity index (χ1v) is 10.9. The standard InChI is InChI=1S/C24H28F2N4O2/c1-29-20-11-8-17(14-19(20)28-23(29)22(25)26)24(31)27-15-21(30-12-4-3-5-13-30)16-6-9-18(32-2)10-7-16/h6-11,14,21-22H,3-5,12-13,15H2,1-2H3,(H,27,31)/t21-/m1/s1. The Labute approximate surface area is 186 Å². The van der Waals surface area contributed by atoms with E-state index in [9.17, 15) is 13.6 Å². The molecule has 8 heteroatoms. The smallest absolute Gasteiger partial charge is 0.295 e. The summed E-state index contributed by atoms with van der Waals surface area (Å²) in [6, 6.07) is 12.9. The maximum atomic E-state index is 13.1. The summed E-state index contributed by atoms with van der Waals surface area (Å²) in [5.41, 5.74) is 2.48. The maximum Gasteiger partial charge on any atom is 0.295 e. The Morgan fingerprint density at radius 3 is 2.50 bits per heavy atom. The molecule has 6 nitrogen and oxygen atoms in total. The number of rotatable bonds is 7. The molecule has 0 unspecified atom stereocenters. The van der Waals surface area contributed by atoms with Gasteiger partial charge < -0.3 is 14.6 Å². The Morgan fingerprint density at radius 2 is 1.84 bits per heavy atom. The number of aryl methyl sites for hydroxylation is 1. The molecule has 1 amide bonds. The zero-order valence-electron chi connectivity index (χ0n) is 18.4. The fourth-order valence-electron chi connectivity index (χ4n) is 4.36.